The third-order valence-electron chi connectivity index (χ3n) is 1.65. The minimum atomic E-state index is -0.210. The van der Waals surface area contributed by atoms with Gasteiger partial charge < -0.3 is 5.21 Å². The van der Waals surface area contributed by atoms with Crippen molar-refractivity contribution >= 4 is 11.8 Å². The SMILES string of the molecule is CSC(C)(C)N(O)C(C)(C)C. The van der Waals surface area contributed by atoms with Crippen LogP contribution in [0.25, 0.3) is 0 Å². The molecular weight excluding hydrogens is 158 g/mol. The highest BCUT2D eigenvalue weighted by Crippen LogP contribution is 2.30. The Morgan fingerprint density at radius 2 is 1.45 bits per heavy atom. The van der Waals surface area contributed by atoms with Gasteiger partial charge in [0, 0.05) is 5.54 Å². The van der Waals surface area contributed by atoms with Gasteiger partial charge in [-0.05, 0) is 40.9 Å². The Bertz CT molecular complexity index is 129. The molecule has 1 N–H and O–H groups in total. The number of hydroxylamine groups is 2. The fraction of sp³-hybridized carbons (Fsp3) is 1.00. The highest BCUT2D eigenvalue weighted by molar-refractivity contribution is 7.99. The van der Waals surface area contributed by atoms with Crippen molar-refractivity contribution in [2.24, 2.45) is 0 Å². The highest BCUT2D eigenvalue weighted by atomic mass is 32.2. The van der Waals surface area contributed by atoms with Crippen LogP contribution in [0.1, 0.15) is 34.6 Å². The van der Waals surface area contributed by atoms with Crippen LogP contribution in [0.5, 0.6) is 0 Å². The van der Waals surface area contributed by atoms with Gasteiger partial charge in [0.15, 0.2) is 0 Å². The summed E-state index contributed by atoms with van der Waals surface area (Å²) in [6.45, 7) is 9.98. The molecule has 0 bridgehead atoms. The molecule has 0 amide bonds. The van der Waals surface area contributed by atoms with Crippen molar-refractivity contribution in [3.05, 3.63) is 0 Å². The van der Waals surface area contributed by atoms with Crippen LogP contribution < -0.4 is 0 Å². The number of hydrogen-bond acceptors (Lipinski definition) is 3. The smallest absolute Gasteiger partial charge is 0.0857 e. The predicted molar refractivity (Wildman–Crippen MR) is 51.0 cm³/mol. The molecule has 0 aromatic carbocycles. The van der Waals surface area contributed by atoms with E-state index in [0.29, 0.717) is 0 Å². The maximum Gasteiger partial charge on any atom is 0.0857 e. The molecule has 68 valence electrons. The lowest BCUT2D eigenvalue weighted by molar-refractivity contribution is -0.189. The van der Waals surface area contributed by atoms with E-state index in [9.17, 15) is 5.21 Å². The van der Waals surface area contributed by atoms with Crippen LogP contribution in [0.15, 0.2) is 0 Å². The van der Waals surface area contributed by atoms with Gasteiger partial charge in [-0.2, -0.15) is 5.06 Å². The molecule has 0 radical (unpaired) electrons. The standard InChI is InChI=1S/C8H19NOS/c1-7(2,3)9(10)8(4,5)11-6/h10H,1-6H3. The Balaban J connectivity index is 4.35. The molecule has 0 rings (SSSR count). The minimum Gasteiger partial charge on any atom is -0.312 e. The van der Waals surface area contributed by atoms with Crippen LogP contribution >= 0.6 is 11.8 Å². The monoisotopic (exact) mass is 177 g/mol. The molecule has 0 saturated carbocycles. The van der Waals surface area contributed by atoms with Crippen LogP contribution in [0.2, 0.25) is 0 Å². The largest absolute Gasteiger partial charge is 0.312 e. The summed E-state index contributed by atoms with van der Waals surface area (Å²) in [6.07, 6.45) is 2.00. The van der Waals surface area contributed by atoms with Gasteiger partial charge in [0.2, 0.25) is 0 Å². The molecule has 0 atom stereocenters. The lowest BCUT2D eigenvalue weighted by Gasteiger charge is -2.40. The van der Waals surface area contributed by atoms with Crippen LogP contribution in [-0.2, 0) is 0 Å². The van der Waals surface area contributed by atoms with E-state index in [-0.39, 0.29) is 10.4 Å². The highest BCUT2D eigenvalue weighted by Gasteiger charge is 2.32. The van der Waals surface area contributed by atoms with Crippen LogP contribution in [0.3, 0.4) is 0 Å². The van der Waals surface area contributed by atoms with Crippen molar-refractivity contribution in [1.82, 2.24) is 5.06 Å². The summed E-state index contributed by atoms with van der Waals surface area (Å²) < 4.78 is 0. The Morgan fingerprint density at radius 3 is 1.55 bits per heavy atom. The lowest BCUT2D eigenvalue weighted by Crippen LogP contribution is -2.49. The van der Waals surface area contributed by atoms with E-state index in [2.05, 4.69) is 0 Å². The maximum absolute atomic E-state index is 9.73. The van der Waals surface area contributed by atoms with Crippen molar-refractivity contribution in [3.63, 3.8) is 0 Å². The second kappa shape index (κ2) is 3.33. The van der Waals surface area contributed by atoms with Crippen molar-refractivity contribution in [1.29, 1.82) is 0 Å². The predicted octanol–water partition coefficient (Wildman–Crippen LogP) is 2.58. The van der Waals surface area contributed by atoms with Gasteiger partial charge >= 0.3 is 0 Å². The molecule has 11 heavy (non-hydrogen) atoms. The molecule has 0 spiro atoms. The van der Waals surface area contributed by atoms with Crippen molar-refractivity contribution < 1.29 is 5.21 Å². The molecule has 0 aromatic rings. The maximum atomic E-state index is 9.73. The van der Waals surface area contributed by atoms with Gasteiger partial charge in [0.1, 0.15) is 0 Å². The van der Waals surface area contributed by atoms with E-state index >= 15 is 0 Å². The Morgan fingerprint density at radius 1 is 1.09 bits per heavy atom. The quantitative estimate of drug-likeness (QED) is 0.518. The van der Waals surface area contributed by atoms with E-state index in [0.717, 1.165) is 0 Å². The van der Waals surface area contributed by atoms with Gasteiger partial charge in [-0.15, -0.1) is 11.8 Å². The van der Waals surface area contributed by atoms with E-state index in [1.54, 1.807) is 11.8 Å². The number of thioether (sulfide) groups is 1. The van der Waals surface area contributed by atoms with Gasteiger partial charge in [0.05, 0.1) is 4.87 Å². The first kappa shape index (κ1) is 11.3. The normalized spacial score (nSPS) is 14.2. The molecule has 0 aromatic heterocycles. The lowest BCUT2D eigenvalue weighted by atomic mass is 10.1. The van der Waals surface area contributed by atoms with Crippen LogP contribution in [0, 0.1) is 0 Å². The minimum absolute atomic E-state index is 0.188. The molecular formula is C8H19NOS. The zero-order valence-corrected chi connectivity index (χ0v) is 9.12. The third kappa shape index (κ3) is 3.01. The molecule has 0 unspecified atom stereocenters. The van der Waals surface area contributed by atoms with Crippen LogP contribution in [-0.4, -0.2) is 26.9 Å². The molecule has 0 saturated heterocycles. The zero-order chi connectivity index (χ0) is 9.28. The molecule has 0 aliphatic heterocycles. The zero-order valence-electron chi connectivity index (χ0n) is 8.30. The molecule has 0 aliphatic carbocycles. The summed E-state index contributed by atoms with van der Waals surface area (Å²) in [5, 5.41) is 11.1. The average molecular weight is 177 g/mol. The first-order valence-corrected chi connectivity index (χ1v) is 4.98. The van der Waals surface area contributed by atoms with Crippen molar-refractivity contribution in [2.75, 3.05) is 6.26 Å². The molecule has 3 heteroatoms. The first-order valence-electron chi connectivity index (χ1n) is 3.76. The topological polar surface area (TPSA) is 23.5 Å². The Hall–Kier alpha value is 0.270. The fourth-order valence-electron chi connectivity index (χ4n) is 0.894. The van der Waals surface area contributed by atoms with Gasteiger partial charge in [-0.1, -0.05) is 0 Å². The molecule has 0 aliphatic rings. The summed E-state index contributed by atoms with van der Waals surface area (Å²) in [7, 11) is 0. The molecule has 2 nitrogen and oxygen atoms in total. The van der Waals surface area contributed by atoms with E-state index < -0.39 is 0 Å². The number of rotatable bonds is 2. The number of nitrogens with zero attached hydrogens (tertiary/aromatic N) is 1. The summed E-state index contributed by atoms with van der Waals surface area (Å²) in [5.41, 5.74) is -0.188. The van der Waals surface area contributed by atoms with Gasteiger partial charge in [-0.3, -0.25) is 0 Å². The Labute approximate surface area is 73.9 Å². The summed E-state index contributed by atoms with van der Waals surface area (Å²) in [6, 6.07) is 0. The second-order valence-corrected chi connectivity index (χ2v) is 5.54. The third-order valence-corrected chi connectivity index (χ3v) is 2.82. The summed E-state index contributed by atoms with van der Waals surface area (Å²) in [4.78, 5) is -0.210. The van der Waals surface area contributed by atoms with E-state index in [1.807, 2.05) is 40.9 Å². The van der Waals surface area contributed by atoms with E-state index in [1.165, 1.54) is 5.06 Å². The molecule has 0 fully saturated rings. The first-order chi connectivity index (χ1) is 4.72. The van der Waals surface area contributed by atoms with Gasteiger partial charge in [0.25, 0.3) is 0 Å². The summed E-state index contributed by atoms with van der Waals surface area (Å²) in [5.74, 6) is 0. The van der Waals surface area contributed by atoms with Gasteiger partial charge in [-0.25, -0.2) is 0 Å². The summed E-state index contributed by atoms with van der Waals surface area (Å²) >= 11 is 1.64. The molecule has 0 heterocycles. The fourth-order valence-corrected chi connectivity index (χ4v) is 1.34. The second-order valence-electron chi connectivity index (χ2n) is 4.13. The average Bonchev–Trinajstić information content (AvgIpc) is 1.84. The van der Waals surface area contributed by atoms with E-state index in [4.69, 9.17) is 0 Å². The van der Waals surface area contributed by atoms with Crippen LogP contribution in [0.4, 0.5) is 0 Å². The van der Waals surface area contributed by atoms with Crippen molar-refractivity contribution in [3.8, 4) is 0 Å². The Kier molecular flexibility index (Phi) is 3.42. The number of hydrogen-bond donors (Lipinski definition) is 1. The van der Waals surface area contributed by atoms with Crippen molar-refractivity contribution in [2.45, 2.75) is 45.0 Å².